The first-order chi connectivity index (χ1) is 15.8. The van der Waals surface area contributed by atoms with Gasteiger partial charge < -0.3 is 15.4 Å². The molecule has 0 bridgehead atoms. The van der Waals surface area contributed by atoms with Crippen molar-refractivity contribution in [1.82, 2.24) is 15.1 Å². The van der Waals surface area contributed by atoms with Crippen molar-refractivity contribution in [1.29, 1.82) is 0 Å². The smallest absolute Gasteiger partial charge is 0.230 e. The molecule has 7 nitrogen and oxygen atoms in total. The van der Waals surface area contributed by atoms with E-state index >= 15 is 0 Å². The summed E-state index contributed by atoms with van der Waals surface area (Å²) < 4.78 is 7.78. The molecule has 1 saturated heterocycles. The van der Waals surface area contributed by atoms with Crippen molar-refractivity contribution >= 4 is 17.6 Å². The van der Waals surface area contributed by atoms with E-state index in [1.807, 2.05) is 80.1 Å². The van der Waals surface area contributed by atoms with Crippen molar-refractivity contribution in [2.45, 2.75) is 45.8 Å². The average Bonchev–Trinajstić information content (AvgIpc) is 3.22. The number of piperidine rings is 1. The maximum atomic E-state index is 12.8. The molecule has 0 radical (unpaired) electrons. The third-order valence-corrected chi connectivity index (χ3v) is 5.49. The van der Waals surface area contributed by atoms with Gasteiger partial charge in [-0.05, 0) is 51.0 Å². The molecule has 4 rings (SSSR count). The second-order valence-corrected chi connectivity index (χ2v) is 9.29. The lowest BCUT2D eigenvalue weighted by Gasteiger charge is -2.20. The second-order valence-electron chi connectivity index (χ2n) is 9.29. The molecule has 0 spiro atoms. The number of carbonyl (C=O) groups excluding carboxylic acids is 2. The molecule has 3 aromatic rings. The number of benzene rings is 2. The molecule has 0 saturated carbocycles. The highest BCUT2D eigenvalue weighted by Gasteiger charge is 2.25. The normalized spacial score (nSPS) is 16.3. The number of aromatic nitrogens is 2. The van der Waals surface area contributed by atoms with E-state index in [1.54, 1.807) is 0 Å². The van der Waals surface area contributed by atoms with Gasteiger partial charge in [0.05, 0.1) is 29.5 Å². The van der Waals surface area contributed by atoms with Gasteiger partial charge in [0.1, 0.15) is 0 Å². The highest BCUT2D eigenvalue weighted by atomic mass is 16.5. The van der Waals surface area contributed by atoms with Crippen LogP contribution in [0.5, 0.6) is 0 Å². The van der Waals surface area contributed by atoms with E-state index in [9.17, 15) is 9.59 Å². The SMILES string of the molecule is CC(C)(C)OCc1cccc(-c2cc(NC(=O)C3CCC(=O)NC3)nn2-c2ccccc2)c1. The predicted molar refractivity (Wildman–Crippen MR) is 128 cm³/mol. The molecule has 172 valence electrons. The van der Waals surface area contributed by atoms with Gasteiger partial charge in [-0.25, -0.2) is 4.68 Å². The summed E-state index contributed by atoms with van der Waals surface area (Å²) in [5.74, 6) is 0.0783. The number of anilines is 1. The molecule has 1 unspecified atom stereocenters. The van der Waals surface area contributed by atoms with Crippen LogP contribution in [-0.2, 0) is 20.9 Å². The van der Waals surface area contributed by atoms with Crippen LogP contribution in [0, 0.1) is 5.92 Å². The van der Waals surface area contributed by atoms with Gasteiger partial charge in [-0.15, -0.1) is 5.10 Å². The first-order valence-corrected chi connectivity index (χ1v) is 11.2. The quantitative estimate of drug-likeness (QED) is 0.591. The number of hydrogen-bond donors (Lipinski definition) is 2. The molecule has 1 aromatic heterocycles. The number of carbonyl (C=O) groups is 2. The van der Waals surface area contributed by atoms with E-state index < -0.39 is 0 Å². The summed E-state index contributed by atoms with van der Waals surface area (Å²) in [4.78, 5) is 24.2. The molecule has 1 aliphatic rings. The van der Waals surface area contributed by atoms with Gasteiger partial charge in [0.15, 0.2) is 5.82 Å². The summed E-state index contributed by atoms with van der Waals surface area (Å²) in [6.45, 7) is 6.97. The Balaban J connectivity index is 1.62. The molecular weight excluding hydrogens is 416 g/mol. The van der Waals surface area contributed by atoms with Crippen LogP contribution in [0.4, 0.5) is 5.82 Å². The molecule has 7 heteroatoms. The first-order valence-electron chi connectivity index (χ1n) is 11.2. The minimum Gasteiger partial charge on any atom is -0.371 e. The van der Waals surface area contributed by atoms with Gasteiger partial charge in [-0.1, -0.05) is 36.4 Å². The molecule has 2 N–H and O–H groups in total. The van der Waals surface area contributed by atoms with Crippen molar-refractivity contribution in [3.05, 3.63) is 66.2 Å². The molecule has 1 atom stereocenters. The Kier molecular flexibility index (Phi) is 6.60. The van der Waals surface area contributed by atoms with Crippen molar-refractivity contribution in [2.75, 3.05) is 11.9 Å². The zero-order valence-corrected chi connectivity index (χ0v) is 19.3. The van der Waals surface area contributed by atoms with E-state index in [2.05, 4.69) is 21.8 Å². The molecule has 2 heterocycles. The third-order valence-electron chi connectivity index (χ3n) is 5.49. The first kappa shape index (κ1) is 22.7. The number of rotatable bonds is 6. The lowest BCUT2D eigenvalue weighted by atomic mass is 9.98. The van der Waals surface area contributed by atoms with Crippen molar-refractivity contribution in [3.63, 3.8) is 0 Å². The van der Waals surface area contributed by atoms with Crippen LogP contribution in [0.15, 0.2) is 60.7 Å². The standard InChI is InChI=1S/C26H30N4O3/c1-26(2,3)33-17-18-8-7-9-19(14-18)22-15-23(29-30(22)21-10-5-4-6-11-21)28-25(32)20-12-13-24(31)27-16-20/h4-11,14-15,20H,12-13,16-17H2,1-3H3,(H,27,31)(H,28,29,32). The predicted octanol–water partition coefficient (Wildman–Crippen LogP) is 4.32. The number of para-hydroxylation sites is 1. The summed E-state index contributed by atoms with van der Waals surface area (Å²) in [7, 11) is 0. The summed E-state index contributed by atoms with van der Waals surface area (Å²) in [5, 5.41) is 10.4. The molecule has 1 aliphatic heterocycles. The van der Waals surface area contributed by atoms with E-state index in [0.717, 1.165) is 22.5 Å². The van der Waals surface area contributed by atoms with Crippen LogP contribution >= 0.6 is 0 Å². The largest absolute Gasteiger partial charge is 0.371 e. The number of ether oxygens (including phenoxy) is 1. The maximum absolute atomic E-state index is 12.8. The molecule has 2 aromatic carbocycles. The number of nitrogens with one attached hydrogen (secondary N) is 2. The van der Waals surface area contributed by atoms with Crippen molar-refractivity contribution in [2.24, 2.45) is 5.92 Å². The molecule has 2 amide bonds. The van der Waals surface area contributed by atoms with Gasteiger partial charge >= 0.3 is 0 Å². The van der Waals surface area contributed by atoms with Crippen molar-refractivity contribution in [3.8, 4) is 16.9 Å². The monoisotopic (exact) mass is 446 g/mol. The topological polar surface area (TPSA) is 85.2 Å². The zero-order valence-electron chi connectivity index (χ0n) is 19.3. The number of amides is 2. The second kappa shape index (κ2) is 9.58. The number of hydrogen-bond acceptors (Lipinski definition) is 4. The summed E-state index contributed by atoms with van der Waals surface area (Å²) in [6, 6.07) is 19.9. The van der Waals surface area contributed by atoms with Gasteiger partial charge in [0.2, 0.25) is 11.8 Å². The van der Waals surface area contributed by atoms with E-state index in [0.29, 0.717) is 31.8 Å². The van der Waals surface area contributed by atoms with Gasteiger partial charge in [0.25, 0.3) is 0 Å². The molecule has 0 aliphatic carbocycles. The minimum atomic E-state index is -0.258. The Labute approximate surface area is 194 Å². The van der Waals surface area contributed by atoms with Crippen LogP contribution in [0.1, 0.15) is 39.2 Å². The Morgan fingerprint density at radius 1 is 1.15 bits per heavy atom. The van der Waals surface area contributed by atoms with E-state index in [4.69, 9.17) is 4.74 Å². The fourth-order valence-corrected chi connectivity index (χ4v) is 3.72. The van der Waals surface area contributed by atoms with E-state index in [-0.39, 0.29) is 23.3 Å². The number of nitrogens with zero attached hydrogens (tertiary/aromatic N) is 2. The van der Waals surface area contributed by atoms with Gasteiger partial charge in [-0.2, -0.15) is 0 Å². The summed E-state index contributed by atoms with van der Waals surface area (Å²) in [6.07, 6.45) is 0.908. The Hall–Kier alpha value is -3.45. The Morgan fingerprint density at radius 3 is 2.64 bits per heavy atom. The third kappa shape index (κ3) is 5.87. The van der Waals surface area contributed by atoms with Crippen LogP contribution in [0.3, 0.4) is 0 Å². The lowest BCUT2D eigenvalue weighted by Crippen LogP contribution is -2.40. The van der Waals surface area contributed by atoms with Crippen LogP contribution in [0.2, 0.25) is 0 Å². The maximum Gasteiger partial charge on any atom is 0.230 e. The lowest BCUT2D eigenvalue weighted by molar-refractivity contribution is -0.126. The molecular formula is C26H30N4O3. The Morgan fingerprint density at radius 2 is 1.94 bits per heavy atom. The summed E-state index contributed by atoms with van der Waals surface area (Å²) in [5.41, 5.74) is 3.58. The average molecular weight is 447 g/mol. The zero-order chi connectivity index (χ0) is 23.4. The van der Waals surface area contributed by atoms with Crippen LogP contribution in [0.25, 0.3) is 16.9 Å². The van der Waals surface area contributed by atoms with Crippen LogP contribution < -0.4 is 10.6 Å². The van der Waals surface area contributed by atoms with Gasteiger partial charge in [0, 0.05) is 24.6 Å². The molecule has 33 heavy (non-hydrogen) atoms. The Bertz CT molecular complexity index is 1120. The van der Waals surface area contributed by atoms with E-state index in [1.165, 1.54) is 0 Å². The van der Waals surface area contributed by atoms with Crippen LogP contribution in [-0.4, -0.2) is 33.7 Å². The highest BCUT2D eigenvalue weighted by molar-refractivity contribution is 5.93. The molecule has 1 fully saturated rings. The van der Waals surface area contributed by atoms with Crippen molar-refractivity contribution < 1.29 is 14.3 Å². The highest BCUT2D eigenvalue weighted by Crippen LogP contribution is 2.28. The summed E-state index contributed by atoms with van der Waals surface area (Å²) >= 11 is 0. The minimum absolute atomic E-state index is 0.00925. The fourth-order valence-electron chi connectivity index (χ4n) is 3.72. The van der Waals surface area contributed by atoms with Gasteiger partial charge in [-0.3, -0.25) is 9.59 Å². The fraction of sp³-hybridized carbons (Fsp3) is 0.346.